The molecule has 0 aromatic heterocycles. The second kappa shape index (κ2) is 6.14. The van der Waals surface area contributed by atoms with Crippen LogP contribution in [-0.4, -0.2) is 46.9 Å². The molecule has 19 heavy (non-hydrogen) atoms. The van der Waals surface area contributed by atoms with Crippen molar-refractivity contribution in [3.8, 4) is 0 Å². The highest BCUT2D eigenvalue weighted by atomic mass is 16.4. The molecule has 1 heterocycles. The number of amides is 2. The van der Waals surface area contributed by atoms with E-state index in [1.165, 1.54) is 4.90 Å². The highest BCUT2D eigenvalue weighted by Gasteiger charge is 2.44. The zero-order chi connectivity index (χ0) is 14.6. The summed E-state index contributed by atoms with van der Waals surface area (Å²) in [6.45, 7) is 6.18. The van der Waals surface area contributed by atoms with E-state index in [4.69, 9.17) is 5.11 Å². The molecule has 2 N–H and O–H groups in total. The second-order valence-corrected chi connectivity index (χ2v) is 5.54. The summed E-state index contributed by atoms with van der Waals surface area (Å²) in [6, 6.07) is -0.718. The summed E-state index contributed by atoms with van der Waals surface area (Å²) in [6.07, 6.45) is 1.27. The molecule has 1 aliphatic rings. The lowest BCUT2D eigenvalue weighted by molar-refractivity contribution is -0.144. The zero-order valence-corrected chi connectivity index (χ0v) is 11.7. The van der Waals surface area contributed by atoms with Gasteiger partial charge in [-0.25, -0.2) is 0 Å². The zero-order valence-electron chi connectivity index (χ0n) is 11.7. The van der Waals surface area contributed by atoms with E-state index in [0.29, 0.717) is 6.54 Å². The average molecular weight is 270 g/mol. The molecule has 1 unspecified atom stereocenters. The average Bonchev–Trinajstić information content (AvgIpc) is 2.49. The van der Waals surface area contributed by atoms with Crippen molar-refractivity contribution >= 4 is 17.8 Å². The number of rotatable bonds is 7. The molecule has 0 spiro atoms. The fourth-order valence-electron chi connectivity index (χ4n) is 2.14. The first-order valence-electron chi connectivity index (χ1n) is 6.60. The van der Waals surface area contributed by atoms with Crippen molar-refractivity contribution in [2.45, 2.75) is 46.1 Å². The molecule has 0 radical (unpaired) electrons. The van der Waals surface area contributed by atoms with Crippen molar-refractivity contribution in [2.75, 3.05) is 13.1 Å². The predicted octanol–water partition coefficient (Wildman–Crippen LogP) is 0.614. The van der Waals surface area contributed by atoms with Gasteiger partial charge in [0, 0.05) is 13.0 Å². The Morgan fingerprint density at radius 1 is 1.47 bits per heavy atom. The van der Waals surface area contributed by atoms with Crippen molar-refractivity contribution in [1.82, 2.24) is 10.2 Å². The van der Waals surface area contributed by atoms with Crippen LogP contribution in [0.5, 0.6) is 0 Å². The van der Waals surface area contributed by atoms with Gasteiger partial charge in [0.05, 0.1) is 5.41 Å². The minimum atomic E-state index is -0.952. The van der Waals surface area contributed by atoms with E-state index in [-0.39, 0.29) is 31.2 Å². The largest absolute Gasteiger partial charge is 0.480 e. The lowest BCUT2D eigenvalue weighted by Gasteiger charge is -2.20. The number of hydrogen-bond acceptors (Lipinski definition) is 4. The van der Waals surface area contributed by atoms with Gasteiger partial charge < -0.3 is 10.4 Å². The summed E-state index contributed by atoms with van der Waals surface area (Å²) in [5.41, 5.74) is -0.660. The number of likely N-dealkylation sites (tertiary alicyclic amines) is 1. The number of nitrogens with one attached hydrogen (secondary N) is 1. The van der Waals surface area contributed by atoms with Crippen molar-refractivity contribution in [3.05, 3.63) is 0 Å². The molecule has 0 aromatic rings. The monoisotopic (exact) mass is 270 g/mol. The number of carbonyl (C=O) groups excluding carboxylic acids is 2. The maximum Gasteiger partial charge on any atom is 0.320 e. The van der Waals surface area contributed by atoms with Crippen LogP contribution >= 0.6 is 0 Å². The Balaban J connectivity index is 2.57. The van der Waals surface area contributed by atoms with Crippen molar-refractivity contribution in [2.24, 2.45) is 5.41 Å². The first-order chi connectivity index (χ1) is 8.79. The molecule has 1 fully saturated rings. The first-order valence-corrected chi connectivity index (χ1v) is 6.60. The van der Waals surface area contributed by atoms with Crippen molar-refractivity contribution < 1.29 is 19.5 Å². The molecule has 1 saturated heterocycles. The van der Waals surface area contributed by atoms with E-state index in [2.05, 4.69) is 5.32 Å². The van der Waals surface area contributed by atoms with Crippen LogP contribution in [0.3, 0.4) is 0 Å². The van der Waals surface area contributed by atoms with Gasteiger partial charge in [0.15, 0.2) is 0 Å². The topological polar surface area (TPSA) is 86.7 Å². The van der Waals surface area contributed by atoms with Gasteiger partial charge >= 0.3 is 5.97 Å². The molecule has 1 rings (SSSR count). The molecular formula is C13H22N2O4. The third kappa shape index (κ3) is 3.76. The molecule has 2 amide bonds. The number of aliphatic carboxylic acids is 1. The normalized spacial score (nSPS) is 19.8. The van der Waals surface area contributed by atoms with Crippen LogP contribution in [0.25, 0.3) is 0 Å². The highest BCUT2D eigenvalue weighted by Crippen LogP contribution is 2.31. The van der Waals surface area contributed by atoms with Crippen LogP contribution in [-0.2, 0) is 14.4 Å². The Kier molecular flexibility index (Phi) is 5.05. The molecule has 0 bridgehead atoms. The molecule has 0 aliphatic carbocycles. The third-order valence-corrected chi connectivity index (χ3v) is 3.30. The summed E-state index contributed by atoms with van der Waals surface area (Å²) in [4.78, 5) is 35.9. The lowest BCUT2D eigenvalue weighted by Crippen LogP contribution is -2.42. The van der Waals surface area contributed by atoms with Crippen LogP contribution in [0.4, 0.5) is 0 Å². The van der Waals surface area contributed by atoms with Crippen LogP contribution in [0.15, 0.2) is 0 Å². The number of hydrogen-bond donors (Lipinski definition) is 2. The van der Waals surface area contributed by atoms with E-state index in [1.807, 2.05) is 6.92 Å². The molecule has 0 saturated carbocycles. The fraction of sp³-hybridized carbons (Fsp3) is 0.769. The molecule has 108 valence electrons. The van der Waals surface area contributed by atoms with Gasteiger partial charge in [-0.1, -0.05) is 20.8 Å². The number of imide groups is 1. The van der Waals surface area contributed by atoms with Crippen molar-refractivity contribution in [1.29, 1.82) is 0 Å². The fourth-order valence-corrected chi connectivity index (χ4v) is 2.14. The van der Waals surface area contributed by atoms with E-state index < -0.39 is 17.4 Å². The Labute approximate surface area is 113 Å². The van der Waals surface area contributed by atoms with Crippen LogP contribution < -0.4 is 5.32 Å². The quantitative estimate of drug-likeness (QED) is 0.662. The van der Waals surface area contributed by atoms with E-state index in [1.54, 1.807) is 13.8 Å². The van der Waals surface area contributed by atoms with E-state index in [9.17, 15) is 14.4 Å². The predicted molar refractivity (Wildman–Crippen MR) is 69.5 cm³/mol. The van der Waals surface area contributed by atoms with Crippen LogP contribution in [0.2, 0.25) is 0 Å². The van der Waals surface area contributed by atoms with Gasteiger partial charge in [0.2, 0.25) is 11.8 Å². The summed E-state index contributed by atoms with van der Waals surface area (Å²) in [5.74, 6) is -1.38. The Hall–Kier alpha value is -1.43. The SMILES string of the molecule is CCCNC(CCN1C(=O)CC(C)(C)C1=O)C(=O)O. The Morgan fingerprint density at radius 2 is 2.11 bits per heavy atom. The van der Waals surface area contributed by atoms with Gasteiger partial charge in [0.1, 0.15) is 6.04 Å². The molecule has 6 heteroatoms. The maximum absolute atomic E-state index is 12.0. The lowest BCUT2D eigenvalue weighted by atomic mass is 9.92. The maximum atomic E-state index is 12.0. The van der Waals surface area contributed by atoms with Crippen LogP contribution in [0.1, 0.15) is 40.0 Å². The minimum absolute atomic E-state index is 0.161. The van der Waals surface area contributed by atoms with Gasteiger partial charge in [-0.15, -0.1) is 0 Å². The van der Waals surface area contributed by atoms with E-state index in [0.717, 1.165) is 6.42 Å². The second-order valence-electron chi connectivity index (χ2n) is 5.54. The number of carboxylic acid groups (broad SMARTS) is 1. The smallest absolute Gasteiger partial charge is 0.320 e. The van der Waals surface area contributed by atoms with E-state index >= 15 is 0 Å². The number of carbonyl (C=O) groups is 3. The molecule has 6 nitrogen and oxygen atoms in total. The molecule has 1 aliphatic heterocycles. The molecular weight excluding hydrogens is 248 g/mol. The first kappa shape index (κ1) is 15.6. The minimum Gasteiger partial charge on any atom is -0.480 e. The number of carboxylic acids is 1. The summed E-state index contributed by atoms with van der Waals surface area (Å²) in [7, 11) is 0. The Morgan fingerprint density at radius 3 is 2.53 bits per heavy atom. The summed E-state index contributed by atoms with van der Waals surface area (Å²) >= 11 is 0. The third-order valence-electron chi connectivity index (χ3n) is 3.30. The summed E-state index contributed by atoms with van der Waals surface area (Å²) in [5, 5.41) is 12.0. The van der Waals surface area contributed by atoms with Crippen molar-refractivity contribution in [3.63, 3.8) is 0 Å². The van der Waals surface area contributed by atoms with Gasteiger partial charge in [-0.2, -0.15) is 0 Å². The Bertz CT molecular complexity index is 379. The molecule has 1 atom stereocenters. The summed E-state index contributed by atoms with van der Waals surface area (Å²) < 4.78 is 0. The highest BCUT2D eigenvalue weighted by molar-refractivity contribution is 6.05. The molecule has 0 aromatic carbocycles. The number of nitrogens with zero attached hydrogens (tertiary/aromatic N) is 1. The van der Waals surface area contributed by atoms with Crippen LogP contribution in [0, 0.1) is 5.41 Å². The van der Waals surface area contributed by atoms with Gasteiger partial charge in [-0.05, 0) is 19.4 Å². The van der Waals surface area contributed by atoms with Gasteiger partial charge in [-0.3, -0.25) is 19.3 Å². The van der Waals surface area contributed by atoms with Gasteiger partial charge in [0.25, 0.3) is 0 Å². The standard InChI is InChI=1S/C13H22N2O4/c1-4-6-14-9(11(17)18)5-7-15-10(16)8-13(2,3)12(15)19/h9,14H,4-8H2,1-3H3,(H,17,18).